The fourth-order valence-electron chi connectivity index (χ4n) is 3.83. The van der Waals surface area contributed by atoms with E-state index < -0.39 is 23.4 Å². The Kier molecular flexibility index (Phi) is 5.15. The Hall–Kier alpha value is -3.80. The number of aryl methyl sites for hydroxylation is 2. The van der Waals surface area contributed by atoms with Crippen LogP contribution in [0.5, 0.6) is 0 Å². The Balaban J connectivity index is 1.93. The second kappa shape index (κ2) is 7.80. The zero-order valence-corrected chi connectivity index (χ0v) is 17.3. The lowest BCUT2D eigenvalue weighted by molar-refractivity contribution is -0.120. The molecule has 0 N–H and O–H groups in total. The van der Waals surface area contributed by atoms with Gasteiger partial charge in [-0.1, -0.05) is 42.0 Å². The van der Waals surface area contributed by atoms with Gasteiger partial charge in [0.2, 0.25) is 0 Å². The third-order valence-corrected chi connectivity index (χ3v) is 5.34. The Morgan fingerprint density at radius 1 is 0.839 bits per heavy atom. The average molecular weight is 418 g/mol. The van der Waals surface area contributed by atoms with E-state index >= 15 is 0 Å². The van der Waals surface area contributed by atoms with Crippen LogP contribution in [0.2, 0.25) is 0 Å². The van der Waals surface area contributed by atoms with Crippen LogP contribution in [0, 0.1) is 25.5 Å². The number of nitrogens with zero attached hydrogens (tertiary/aromatic N) is 2. The van der Waals surface area contributed by atoms with Crippen molar-refractivity contribution in [2.24, 2.45) is 0 Å². The Morgan fingerprint density at radius 3 is 2.19 bits per heavy atom. The standard InChI is InChI=1S/C25H20F2N2O2/c1-15-9-11-19(16(2)13-15)22-23(28(3)18-7-5-4-6-8-18)25(31)29(24(22)30)21-12-10-17(26)14-20(21)27/h4-14H,1-3H3. The minimum absolute atomic E-state index is 0.131. The van der Waals surface area contributed by atoms with Crippen molar-refractivity contribution in [2.75, 3.05) is 16.8 Å². The zero-order valence-electron chi connectivity index (χ0n) is 17.3. The van der Waals surface area contributed by atoms with Gasteiger partial charge in [0.15, 0.2) is 0 Å². The number of para-hydroxylation sites is 1. The number of rotatable bonds is 4. The van der Waals surface area contributed by atoms with E-state index in [2.05, 4.69) is 0 Å². The van der Waals surface area contributed by atoms with Crippen LogP contribution in [0.3, 0.4) is 0 Å². The maximum atomic E-state index is 14.5. The smallest absolute Gasteiger partial charge is 0.282 e. The first-order valence-corrected chi connectivity index (χ1v) is 9.74. The highest BCUT2D eigenvalue weighted by atomic mass is 19.1. The molecule has 6 heteroatoms. The molecule has 1 heterocycles. The lowest BCUT2D eigenvalue weighted by Gasteiger charge is -2.22. The first kappa shape index (κ1) is 20.5. The predicted molar refractivity (Wildman–Crippen MR) is 117 cm³/mol. The van der Waals surface area contributed by atoms with E-state index in [1.807, 2.05) is 56.3 Å². The summed E-state index contributed by atoms with van der Waals surface area (Å²) in [5, 5.41) is 0. The van der Waals surface area contributed by atoms with Crippen LogP contribution in [-0.2, 0) is 9.59 Å². The summed E-state index contributed by atoms with van der Waals surface area (Å²) in [6.45, 7) is 3.79. The molecule has 4 nitrogen and oxygen atoms in total. The van der Waals surface area contributed by atoms with Gasteiger partial charge in [-0.15, -0.1) is 0 Å². The van der Waals surface area contributed by atoms with E-state index in [1.165, 1.54) is 0 Å². The van der Waals surface area contributed by atoms with Crippen molar-refractivity contribution in [2.45, 2.75) is 13.8 Å². The van der Waals surface area contributed by atoms with E-state index in [9.17, 15) is 18.4 Å². The van der Waals surface area contributed by atoms with Gasteiger partial charge in [0.1, 0.15) is 17.3 Å². The van der Waals surface area contributed by atoms with Crippen molar-refractivity contribution in [1.82, 2.24) is 0 Å². The topological polar surface area (TPSA) is 40.6 Å². The van der Waals surface area contributed by atoms with Crippen molar-refractivity contribution < 1.29 is 18.4 Å². The first-order chi connectivity index (χ1) is 14.8. The van der Waals surface area contributed by atoms with Gasteiger partial charge in [0, 0.05) is 18.8 Å². The molecule has 1 aliphatic heterocycles. The monoisotopic (exact) mass is 418 g/mol. The summed E-state index contributed by atoms with van der Waals surface area (Å²) < 4.78 is 28.0. The molecule has 1 aliphatic rings. The molecule has 0 saturated heterocycles. The SMILES string of the molecule is Cc1ccc(C2=C(N(C)c3ccccc3)C(=O)N(c3ccc(F)cc3F)C2=O)c(C)c1. The quantitative estimate of drug-likeness (QED) is 0.560. The highest BCUT2D eigenvalue weighted by molar-refractivity contribution is 6.46. The van der Waals surface area contributed by atoms with E-state index in [1.54, 1.807) is 18.0 Å². The number of likely N-dealkylation sites (N-methyl/N-ethyl adjacent to an activating group) is 1. The van der Waals surface area contributed by atoms with Crippen LogP contribution in [0.4, 0.5) is 20.2 Å². The summed E-state index contributed by atoms with van der Waals surface area (Å²) in [6.07, 6.45) is 0. The molecule has 0 bridgehead atoms. The molecule has 0 aliphatic carbocycles. The largest absolute Gasteiger partial charge is 0.339 e. The van der Waals surface area contributed by atoms with Gasteiger partial charge in [0.05, 0.1) is 11.3 Å². The molecule has 0 spiro atoms. The maximum absolute atomic E-state index is 14.5. The zero-order chi connectivity index (χ0) is 22.3. The molecule has 0 radical (unpaired) electrons. The van der Waals surface area contributed by atoms with Gasteiger partial charge in [-0.2, -0.15) is 0 Å². The number of hydrogen-bond donors (Lipinski definition) is 0. The van der Waals surface area contributed by atoms with Crippen molar-refractivity contribution in [1.29, 1.82) is 0 Å². The van der Waals surface area contributed by atoms with Crippen LogP contribution < -0.4 is 9.80 Å². The minimum Gasteiger partial charge on any atom is -0.339 e. The van der Waals surface area contributed by atoms with Crippen molar-refractivity contribution in [3.05, 3.63) is 101 Å². The van der Waals surface area contributed by atoms with Gasteiger partial charge in [0.25, 0.3) is 11.8 Å². The summed E-state index contributed by atoms with van der Waals surface area (Å²) in [6, 6.07) is 17.5. The molecule has 0 aromatic heterocycles. The van der Waals surface area contributed by atoms with Crippen molar-refractivity contribution >= 4 is 28.8 Å². The molecule has 31 heavy (non-hydrogen) atoms. The fourth-order valence-corrected chi connectivity index (χ4v) is 3.83. The molecule has 2 amide bonds. The van der Waals surface area contributed by atoms with Crippen LogP contribution in [-0.4, -0.2) is 18.9 Å². The molecule has 0 saturated carbocycles. The highest BCUT2D eigenvalue weighted by Gasteiger charge is 2.43. The van der Waals surface area contributed by atoms with Crippen molar-refractivity contribution in [3.8, 4) is 0 Å². The minimum atomic E-state index is -0.981. The lowest BCUT2D eigenvalue weighted by atomic mass is 9.97. The second-order valence-corrected chi connectivity index (χ2v) is 7.48. The number of anilines is 2. The van der Waals surface area contributed by atoms with Crippen molar-refractivity contribution in [3.63, 3.8) is 0 Å². The first-order valence-electron chi connectivity index (χ1n) is 9.74. The van der Waals surface area contributed by atoms with E-state index in [4.69, 9.17) is 0 Å². The second-order valence-electron chi connectivity index (χ2n) is 7.48. The fraction of sp³-hybridized carbons (Fsp3) is 0.120. The molecule has 0 unspecified atom stereocenters. The lowest BCUT2D eigenvalue weighted by Crippen LogP contribution is -2.34. The molecular weight excluding hydrogens is 398 g/mol. The van der Waals surface area contributed by atoms with E-state index in [0.29, 0.717) is 17.3 Å². The summed E-state index contributed by atoms with van der Waals surface area (Å²) in [5.41, 5.74) is 3.14. The van der Waals surface area contributed by atoms with Gasteiger partial charge >= 0.3 is 0 Å². The number of benzene rings is 3. The van der Waals surface area contributed by atoms with Gasteiger partial charge in [-0.05, 0) is 49.2 Å². The van der Waals surface area contributed by atoms with Crippen LogP contribution in [0.25, 0.3) is 5.57 Å². The van der Waals surface area contributed by atoms with E-state index in [-0.39, 0.29) is 17.0 Å². The number of amides is 2. The van der Waals surface area contributed by atoms with Crippen LogP contribution >= 0.6 is 0 Å². The number of halogens is 2. The third kappa shape index (κ3) is 3.50. The van der Waals surface area contributed by atoms with Crippen LogP contribution in [0.15, 0.2) is 72.4 Å². The summed E-state index contributed by atoms with van der Waals surface area (Å²) in [5.74, 6) is -3.09. The third-order valence-electron chi connectivity index (χ3n) is 5.34. The number of carbonyl (C=O) groups is 2. The number of carbonyl (C=O) groups excluding carboxylic acids is 2. The summed E-state index contributed by atoms with van der Waals surface area (Å²) >= 11 is 0. The highest BCUT2D eigenvalue weighted by Crippen LogP contribution is 2.38. The summed E-state index contributed by atoms with van der Waals surface area (Å²) in [4.78, 5) is 29.4. The summed E-state index contributed by atoms with van der Waals surface area (Å²) in [7, 11) is 1.68. The molecule has 156 valence electrons. The molecule has 3 aromatic carbocycles. The average Bonchev–Trinajstić information content (AvgIpc) is 2.99. The maximum Gasteiger partial charge on any atom is 0.282 e. The molecule has 3 aromatic rings. The number of imide groups is 1. The Morgan fingerprint density at radius 2 is 1.55 bits per heavy atom. The molecule has 0 atom stereocenters. The molecular formula is C25H20F2N2O2. The Labute approximate surface area is 179 Å². The van der Waals surface area contributed by atoms with E-state index in [0.717, 1.165) is 28.2 Å². The van der Waals surface area contributed by atoms with Gasteiger partial charge < -0.3 is 4.90 Å². The normalized spacial score (nSPS) is 13.9. The molecule has 0 fully saturated rings. The molecule has 4 rings (SSSR count). The van der Waals surface area contributed by atoms with Gasteiger partial charge in [-0.25, -0.2) is 13.7 Å². The number of hydrogen-bond acceptors (Lipinski definition) is 3. The Bertz CT molecular complexity index is 1240. The van der Waals surface area contributed by atoms with Gasteiger partial charge in [-0.3, -0.25) is 9.59 Å². The predicted octanol–water partition coefficient (Wildman–Crippen LogP) is 5.00. The van der Waals surface area contributed by atoms with Crippen LogP contribution in [0.1, 0.15) is 16.7 Å².